The molecule has 2 aromatic rings. The summed E-state index contributed by atoms with van der Waals surface area (Å²) >= 11 is 0. The topological polar surface area (TPSA) is 101 Å². The van der Waals surface area contributed by atoms with Crippen LogP contribution in [0.2, 0.25) is 0 Å². The van der Waals surface area contributed by atoms with Gasteiger partial charge in [-0.2, -0.15) is 4.31 Å². The van der Waals surface area contributed by atoms with E-state index in [2.05, 4.69) is 0 Å². The second-order valence-corrected chi connectivity index (χ2v) is 11.2. The van der Waals surface area contributed by atoms with E-state index in [0.29, 0.717) is 17.3 Å². The van der Waals surface area contributed by atoms with Crippen molar-refractivity contribution in [1.82, 2.24) is 4.31 Å². The molecule has 160 valence electrons. The fourth-order valence-electron chi connectivity index (χ4n) is 3.89. The van der Waals surface area contributed by atoms with Crippen LogP contribution in [0.3, 0.4) is 0 Å². The highest BCUT2D eigenvalue weighted by Gasteiger charge is 2.43. The molecule has 10 heteroatoms. The third kappa shape index (κ3) is 3.38. The summed E-state index contributed by atoms with van der Waals surface area (Å²) in [5.41, 5.74) is 2.03. The van der Waals surface area contributed by atoms with Gasteiger partial charge in [-0.25, -0.2) is 21.1 Å². The van der Waals surface area contributed by atoms with Gasteiger partial charge in [-0.15, -0.1) is 0 Å². The number of rotatable bonds is 4. The zero-order valence-corrected chi connectivity index (χ0v) is 18.2. The number of ether oxygens (including phenoxy) is 1. The molecule has 4 rings (SSSR count). The summed E-state index contributed by atoms with van der Waals surface area (Å²) in [6, 6.07) is 11.6. The Bertz CT molecular complexity index is 1220. The Morgan fingerprint density at radius 2 is 1.80 bits per heavy atom. The zero-order chi connectivity index (χ0) is 21.7. The highest BCUT2D eigenvalue weighted by atomic mass is 32.2. The fraction of sp³-hybridized carbons (Fsp3) is 0.350. The van der Waals surface area contributed by atoms with Crippen LogP contribution in [-0.2, 0) is 37.8 Å². The molecule has 1 atom stereocenters. The van der Waals surface area contributed by atoms with Crippen molar-refractivity contribution < 1.29 is 26.4 Å². The molecule has 2 heterocycles. The molecule has 0 spiro atoms. The Balaban J connectivity index is 1.77. The first-order valence-electron chi connectivity index (χ1n) is 9.47. The van der Waals surface area contributed by atoms with Gasteiger partial charge in [-0.1, -0.05) is 31.2 Å². The normalized spacial score (nSPS) is 21.5. The van der Waals surface area contributed by atoms with Crippen LogP contribution in [0.5, 0.6) is 5.75 Å². The lowest BCUT2D eigenvalue weighted by Gasteiger charge is -2.29. The summed E-state index contributed by atoms with van der Waals surface area (Å²) in [6.07, 6.45) is 0.577. The van der Waals surface area contributed by atoms with Crippen LogP contribution in [0.15, 0.2) is 47.4 Å². The molecule has 30 heavy (non-hydrogen) atoms. The minimum absolute atomic E-state index is 0.00105. The number of sulfonamides is 2. The van der Waals surface area contributed by atoms with Crippen molar-refractivity contribution in [3.63, 3.8) is 0 Å². The molecule has 0 aromatic heterocycles. The molecule has 0 radical (unpaired) electrons. The summed E-state index contributed by atoms with van der Waals surface area (Å²) in [5.74, 6) is -1.47. The van der Waals surface area contributed by atoms with E-state index in [0.717, 1.165) is 11.1 Å². The van der Waals surface area contributed by atoms with E-state index in [1.165, 1.54) is 36.5 Å². The predicted octanol–water partition coefficient (Wildman–Crippen LogP) is 1.75. The number of benzene rings is 2. The molecule has 0 saturated carbocycles. The molecule has 2 aliphatic rings. The quantitative estimate of drug-likeness (QED) is 0.704. The van der Waals surface area contributed by atoms with Crippen molar-refractivity contribution in [3.05, 3.63) is 53.6 Å². The van der Waals surface area contributed by atoms with E-state index in [1.807, 2.05) is 24.3 Å². The van der Waals surface area contributed by atoms with Crippen molar-refractivity contribution in [1.29, 1.82) is 0 Å². The Morgan fingerprint density at radius 3 is 2.43 bits per heavy atom. The molecule has 2 aromatic carbocycles. The highest BCUT2D eigenvalue weighted by Crippen LogP contribution is 2.36. The number of amides is 1. The average Bonchev–Trinajstić information content (AvgIpc) is 2.93. The van der Waals surface area contributed by atoms with E-state index in [4.69, 9.17) is 4.74 Å². The van der Waals surface area contributed by atoms with Crippen molar-refractivity contribution in [2.75, 3.05) is 23.7 Å². The second kappa shape index (κ2) is 7.36. The number of methoxy groups -OCH3 is 1. The standard InChI is InChI=1S/C20H22N2O6S2/c1-14-13-29(24,25)22(20(14)23)17-7-8-18(28-2)19(11-17)30(26,27)21-10-9-15-5-3-4-6-16(15)12-21/h3-8,11,14H,9-10,12-13H2,1-2H3/t14-/m0/s1. The van der Waals surface area contributed by atoms with Gasteiger partial charge in [0.2, 0.25) is 26.0 Å². The van der Waals surface area contributed by atoms with Crippen molar-refractivity contribution in [3.8, 4) is 5.75 Å². The third-order valence-electron chi connectivity index (χ3n) is 5.46. The molecule has 0 bridgehead atoms. The molecule has 1 fully saturated rings. The Morgan fingerprint density at radius 1 is 1.10 bits per heavy atom. The van der Waals surface area contributed by atoms with Gasteiger partial charge >= 0.3 is 0 Å². The molecule has 0 aliphatic carbocycles. The smallest absolute Gasteiger partial charge is 0.247 e. The maximum atomic E-state index is 13.4. The molecular weight excluding hydrogens is 428 g/mol. The van der Waals surface area contributed by atoms with Crippen LogP contribution in [0, 0.1) is 5.92 Å². The number of nitrogens with zero attached hydrogens (tertiary/aromatic N) is 2. The van der Waals surface area contributed by atoms with E-state index in [9.17, 15) is 21.6 Å². The zero-order valence-electron chi connectivity index (χ0n) is 16.6. The maximum absolute atomic E-state index is 13.4. The molecule has 1 amide bonds. The number of hydrogen-bond acceptors (Lipinski definition) is 6. The van der Waals surface area contributed by atoms with Crippen LogP contribution in [0.25, 0.3) is 0 Å². The lowest BCUT2D eigenvalue weighted by molar-refractivity contribution is -0.119. The molecule has 0 N–H and O–H groups in total. The van der Waals surface area contributed by atoms with Gasteiger partial charge in [-0.05, 0) is 35.7 Å². The lowest BCUT2D eigenvalue weighted by Crippen LogP contribution is -2.36. The van der Waals surface area contributed by atoms with Gasteiger partial charge in [0.1, 0.15) is 10.6 Å². The van der Waals surface area contributed by atoms with Crippen LogP contribution >= 0.6 is 0 Å². The number of fused-ring (bicyclic) bond motifs is 1. The Labute approximate surface area is 176 Å². The van der Waals surface area contributed by atoms with Crippen molar-refractivity contribution >= 4 is 31.6 Å². The first kappa shape index (κ1) is 20.8. The second-order valence-electron chi connectivity index (χ2n) is 7.47. The summed E-state index contributed by atoms with van der Waals surface area (Å²) in [4.78, 5) is 12.3. The highest BCUT2D eigenvalue weighted by molar-refractivity contribution is 7.94. The summed E-state index contributed by atoms with van der Waals surface area (Å²) < 4.78 is 59.1. The van der Waals surface area contributed by atoms with Gasteiger partial charge in [0.05, 0.1) is 24.5 Å². The minimum atomic E-state index is -3.99. The van der Waals surface area contributed by atoms with Gasteiger partial charge in [0.15, 0.2) is 0 Å². The van der Waals surface area contributed by atoms with Crippen LogP contribution in [0.4, 0.5) is 5.69 Å². The summed E-state index contributed by atoms with van der Waals surface area (Å²) in [5, 5.41) is 0. The third-order valence-corrected chi connectivity index (χ3v) is 9.19. The van der Waals surface area contributed by atoms with Gasteiger partial charge in [0.25, 0.3) is 0 Å². The van der Waals surface area contributed by atoms with Crippen LogP contribution < -0.4 is 9.04 Å². The van der Waals surface area contributed by atoms with E-state index < -0.39 is 31.9 Å². The first-order chi connectivity index (χ1) is 14.1. The Kier molecular flexibility index (Phi) is 5.11. The van der Waals surface area contributed by atoms with Crippen LogP contribution in [0.1, 0.15) is 18.1 Å². The first-order valence-corrected chi connectivity index (χ1v) is 12.5. The van der Waals surface area contributed by atoms with Crippen molar-refractivity contribution in [2.24, 2.45) is 5.92 Å². The van der Waals surface area contributed by atoms with Crippen LogP contribution in [-0.4, -0.2) is 46.5 Å². The molecule has 1 saturated heterocycles. The summed E-state index contributed by atoms with van der Waals surface area (Å²) in [7, 11) is -6.50. The fourth-order valence-corrected chi connectivity index (χ4v) is 7.30. The molecule has 0 unspecified atom stereocenters. The largest absolute Gasteiger partial charge is 0.495 e. The SMILES string of the molecule is COc1ccc(N2C(=O)[C@@H](C)CS2(=O)=O)cc1S(=O)(=O)N1CCc2ccccc2C1. The predicted molar refractivity (Wildman–Crippen MR) is 111 cm³/mol. The maximum Gasteiger partial charge on any atom is 0.247 e. The van der Waals surface area contributed by atoms with Gasteiger partial charge in [0, 0.05) is 13.1 Å². The van der Waals surface area contributed by atoms with Gasteiger partial charge < -0.3 is 4.74 Å². The number of carbonyl (C=O) groups excluding carboxylic acids is 1. The molecular formula is C20H22N2O6S2. The van der Waals surface area contributed by atoms with E-state index >= 15 is 0 Å². The molecule has 8 nitrogen and oxygen atoms in total. The number of carbonyl (C=O) groups is 1. The summed E-state index contributed by atoms with van der Waals surface area (Å²) in [6.45, 7) is 2.04. The Hall–Kier alpha value is -2.43. The minimum Gasteiger partial charge on any atom is -0.495 e. The number of hydrogen-bond donors (Lipinski definition) is 0. The number of anilines is 1. The van der Waals surface area contributed by atoms with E-state index in [-0.39, 0.29) is 28.6 Å². The van der Waals surface area contributed by atoms with Gasteiger partial charge in [-0.3, -0.25) is 4.79 Å². The van der Waals surface area contributed by atoms with E-state index in [1.54, 1.807) is 0 Å². The van der Waals surface area contributed by atoms with Crippen molar-refractivity contribution in [2.45, 2.75) is 24.8 Å². The monoisotopic (exact) mass is 450 g/mol. The molecule has 2 aliphatic heterocycles. The average molecular weight is 451 g/mol. The lowest BCUT2D eigenvalue weighted by atomic mass is 10.0.